The fourth-order valence-corrected chi connectivity index (χ4v) is 6.75. The van der Waals surface area contributed by atoms with E-state index in [4.69, 9.17) is 9.47 Å². The molecule has 1 aromatic rings. The summed E-state index contributed by atoms with van der Waals surface area (Å²) in [5.41, 5.74) is 0.0566. The summed E-state index contributed by atoms with van der Waals surface area (Å²) in [4.78, 5) is 41.2. The molecule has 39 heavy (non-hydrogen) atoms. The van der Waals surface area contributed by atoms with Crippen molar-refractivity contribution in [2.24, 2.45) is 0 Å². The number of hydrogen-bond acceptors (Lipinski definition) is 7. The second-order valence-corrected chi connectivity index (χ2v) is 14.2. The topological polar surface area (TPSA) is 97.0 Å². The summed E-state index contributed by atoms with van der Waals surface area (Å²) in [5.74, 6) is -1.87. The molecule has 2 N–H and O–H groups in total. The first-order chi connectivity index (χ1) is 17.9. The fourth-order valence-electron chi connectivity index (χ4n) is 6.75. The Morgan fingerprint density at radius 2 is 1.10 bits per heavy atom. The van der Waals surface area contributed by atoms with E-state index in [1.165, 1.54) is 4.90 Å². The normalized spacial score (nSPS) is 22.9. The SMILES string of the molecule is CC(C(=O)N(CC(=O)OC1CC(C)(C)NC(C)(C)C1)CC(=O)OC1CC(C)(C)NC(C)(C)C1)c1ccccc1. The summed E-state index contributed by atoms with van der Waals surface area (Å²) in [5, 5.41) is 7.16. The molecule has 3 rings (SSSR count). The Morgan fingerprint density at radius 3 is 1.46 bits per heavy atom. The van der Waals surface area contributed by atoms with E-state index < -0.39 is 17.9 Å². The van der Waals surface area contributed by atoms with Crippen LogP contribution in [0.25, 0.3) is 0 Å². The van der Waals surface area contributed by atoms with Crippen molar-refractivity contribution in [3.8, 4) is 0 Å². The number of carbonyl (C=O) groups is 3. The van der Waals surface area contributed by atoms with Crippen LogP contribution >= 0.6 is 0 Å². The summed E-state index contributed by atoms with van der Waals surface area (Å²) in [6.07, 6.45) is 2.11. The molecule has 0 saturated carbocycles. The summed E-state index contributed by atoms with van der Waals surface area (Å²) >= 11 is 0. The van der Waals surface area contributed by atoms with Crippen molar-refractivity contribution < 1.29 is 23.9 Å². The van der Waals surface area contributed by atoms with Crippen molar-refractivity contribution in [2.75, 3.05) is 13.1 Å². The molecule has 0 aromatic heterocycles. The highest BCUT2D eigenvalue weighted by Crippen LogP contribution is 2.32. The van der Waals surface area contributed by atoms with E-state index in [0.717, 1.165) is 5.56 Å². The molecule has 2 aliphatic heterocycles. The third-order valence-corrected chi connectivity index (χ3v) is 7.52. The fraction of sp³-hybridized carbons (Fsp3) is 0.710. The molecule has 0 aliphatic carbocycles. The monoisotopic (exact) mass is 543 g/mol. The lowest BCUT2D eigenvalue weighted by atomic mass is 9.81. The number of ether oxygens (including phenoxy) is 2. The zero-order valence-corrected chi connectivity index (χ0v) is 25.3. The van der Waals surface area contributed by atoms with Crippen molar-refractivity contribution in [3.63, 3.8) is 0 Å². The Balaban J connectivity index is 1.72. The maximum absolute atomic E-state index is 13.6. The van der Waals surface area contributed by atoms with Crippen molar-refractivity contribution in [1.82, 2.24) is 15.5 Å². The van der Waals surface area contributed by atoms with Crippen molar-refractivity contribution in [1.29, 1.82) is 0 Å². The van der Waals surface area contributed by atoms with Gasteiger partial charge in [0.25, 0.3) is 0 Å². The molecule has 2 saturated heterocycles. The maximum Gasteiger partial charge on any atom is 0.325 e. The smallest absolute Gasteiger partial charge is 0.325 e. The van der Waals surface area contributed by atoms with E-state index in [-0.39, 0.29) is 53.4 Å². The Bertz CT molecular complexity index is 948. The van der Waals surface area contributed by atoms with Gasteiger partial charge in [-0.25, -0.2) is 0 Å². The number of amides is 1. The van der Waals surface area contributed by atoms with E-state index in [2.05, 4.69) is 66.0 Å². The molecule has 0 spiro atoms. The molecular weight excluding hydrogens is 494 g/mol. The Labute approximate surface area is 234 Å². The third-order valence-electron chi connectivity index (χ3n) is 7.52. The third kappa shape index (κ3) is 9.31. The molecule has 2 aliphatic rings. The standard InChI is InChI=1S/C31H49N3O5/c1-21(22-13-11-10-12-14-22)27(37)34(19-25(35)38-23-15-28(2,3)32-29(4,5)16-23)20-26(36)39-24-17-30(6,7)33-31(8,9)18-24/h10-14,21,23-24,32-33H,15-20H2,1-9H3. The minimum atomic E-state index is -0.528. The highest BCUT2D eigenvalue weighted by atomic mass is 16.6. The second kappa shape index (κ2) is 11.6. The molecule has 1 unspecified atom stereocenters. The van der Waals surface area contributed by atoms with Gasteiger partial charge >= 0.3 is 11.9 Å². The molecule has 8 heteroatoms. The molecule has 218 valence electrons. The molecule has 0 radical (unpaired) electrons. The first kappa shape index (κ1) is 31.1. The Kier molecular flexibility index (Phi) is 9.22. The summed E-state index contributed by atoms with van der Waals surface area (Å²) in [7, 11) is 0. The Hall–Kier alpha value is -2.45. The van der Waals surface area contributed by atoms with E-state index >= 15 is 0 Å². The van der Waals surface area contributed by atoms with Crippen LogP contribution in [0.4, 0.5) is 0 Å². The van der Waals surface area contributed by atoms with Crippen LogP contribution in [0, 0.1) is 0 Å². The largest absolute Gasteiger partial charge is 0.461 e. The first-order valence-corrected chi connectivity index (χ1v) is 14.2. The van der Waals surface area contributed by atoms with Gasteiger partial charge in [0, 0.05) is 47.8 Å². The zero-order valence-electron chi connectivity index (χ0n) is 25.3. The first-order valence-electron chi connectivity index (χ1n) is 14.2. The average Bonchev–Trinajstić information content (AvgIpc) is 2.73. The van der Waals surface area contributed by atoms with Gasteiger partial charge in [0.1, 0.15) is 25.3 Å². The molecular formula is C31H49N3O5. The highest BCUT2D eigenvalue weighted by Gasteiger charge is 2.41. The van der Waals surface area contributed by atoms with Gasteiger partial charge in [0.05, 0.1) is 5.92 Å². The number of hydrogen-bond donors (Lipinski definition) is 2. The van der Waals surface area contributed by atoms with Crippen LogP contribution in [0.3, 0.4) is 0 Å². The molecule has 0 bridgehead atoms. The minimum absolute atomic E-state index is 0.190. The van der Waals surface area contributed by atoms with Crippen LogP contribution in [-0.2, 0) is 23.9 Å². The number of nitrogens with zero attached hydrogens (tertiary/aromatic N) is 1. The molecule has 1 aromatic carbocycles. The molecule has 1 atom stereocenters. The number of nitrogens with one attached hydrogen (secondary N) is 2. The van der Waals surface area contributed by atoms with Gasteiger partial charge in [-0.1, -0.05) is 30.3 Å². The van der Waals surface area contributed by atoms with Crippen LogP contribution in [0.1, 0.15) is 99.5 Å². The second-order valence-electron chi connectivity index (χ2n) is 14.2. The predicted octanol–water partition coefficient (Wildman–Crippen LogP) is 4.32. The van der Waals surface area contributed by atoms with E-state index in [9.17, 15) is 14.4 Å². The molecule has 8 nitrogen and oxygen atoms in total. The van der Waals surface area contributed by atoms with Gasteiger partial charge < -0.3 is 25.0 Å². The van der Waals surface area contributed by atoms with Crippen LogP contribution in [-0.4, -0.2) is 70.2 Å². The van der Waals surface area contributed by atoms with Crippen LogP contribution in [0.2, 0.25) is 0 Å². The average molecular weight is 544 g/mol. The van der Waals surface area contributed by atoms with E-state index in [1.54, 1.807) is 6.92 Å². The molecule has 1 amide bonds. The van der Waals surface area contributed by atoms with E-state index in [1.807, 2.05) is 30.3 Å². The van der Waals surface area contributed by atoms with Crippen molar-refractivity contribution in [3.05, 3.63) is 35.9 Å². The van der Waals surface area contributed by atoms with Crippen molar-refractivity contribution >= 4 is 17.8 Å². The van der Waals surface area contributed by atoms with Crippen molar-refractivity contribution in [2.45, 2.75) is 128 Å². The van der Waals surface area contributed by atoms with Crippen LogP contribution < -0.4 is 10.6 Å². The van der Waals surface area contributed by atoms with Gasteiger partial charge in [0.15, 0.2) is 0 Å². The number of benzene rings is 1. The minimum Gasteiger partial charge on any atom is -0.461 e. The maximum atomic E-state index is 13.6. The van der Waals surface area contributed by atoms with Gasteiger partial charge in [-0.05, 0) is 67.9 Å². The van der Waals surface area contributed by atoms with Crippen LogP contribution in [0.5, 0.6) is 0 Å². The van der Waals surface area contributed by atoms with Gasteiger partial charge in [-0.15, -0.1) is 0 Å². The Morgan fingerprint density at radius 1 is 0.744 bits per heavy atom. The number of esters is 2. The number of carbonyl (C=O) groups excluding carboxylic acids is 3. The molecule has 2 fully saturated rings. The summed E-state index contributed by atoms with van der Waals surface area (Å²) in [6, 6.07) is 9.36. The lowest BCUT2D eigenvalue weighted by molar-refractivity contribution is -0.162. The highest BCUT2D eigenvalue weighted by molar-refractivity contribution is 5.89. The predicted molar refractivity (Wildman–Crippen MR) is 152 cm³/mol. The lowest BCUT2D eigenvalue weighted by Gasteiger charge is -2.46. The molecule has 2 heterocycles. The van der Waals surface area contributed by atoms with Gasteiger partial charge in [0.2, 0.25) is 5.91 Å². The summed E-state index contributed by atoms with van der Waals surface area (Å²) < 4.78 is 11.8. The number of piperidine rings is 2. The zero-order chi connectivity index (χ0) is 29.2. The summed E-state index contributed by atoms with van der Waals surface area (Å²) in [6.45, 7) is 17.9. The van der Waals surface area contributed by atoms with E-state index in [0.29, 0.717) is 25.7 Å². The van der Waals surface area contributed by atoms with Crippen LogP contribution in [0.15, 0.2) is 30.3 Å². The number of rotatable bonds is 8. The van der Waals surface area contributed by atoms with Gasteiger partial charge in [-0.2, -0.15) is 0 Å². The quantitative estimate of drug-likeness (QED) is 0.471. The lowest BCUT2D eigenvalue weighted by Crippen LogP contribution is -2.60. The van der Waals surface area contributed by atoms with Gasteiger partial charge in [-0.3, -0.25) is 14.4 Å².